The van der Waals surface area contributed by atoms with E-state index in [0.29, 0.717) is 0 Å². The highest BCUT2D eigenvalue weighted by Crippen LogP contribution is 2.22. The van der Waals surface area contributed by atoms with Gasteiger partial charge < -0.3 is 0 Å². The lowest BCUT2D eigenvalue weighted by atomic mass is 9.99. The van der Waals surface area contributed by atoms with Crippen molar-refractivity contribution in [1.29, 1.82) is 0 Å². The van der Waals surface area contributed by atoms with E-state index in [-0.39, 0.29) is 5.91 Å². The van der Waals surface area contributed by atoms with Gasteiger partial charge in [0.25, 0.3) is 5.91 Å². The first-order valence-corrected chi connectivity index (χ1v) is 8.71. The molecule has 0 aliphatic carbocycles. The van der Waals surface area contributed by atoms with Crippen molar-refractivity contribution >= 4 is 16.7 Å². The van der Waals surface area contributed by atoms with Crippen LogP contribution in [0.25, 0.3) is 10.8 Å². The highest BCUT2D eigenvalue weighted by atomic mass is 16.2. The molecule has 1 N–H and O–H groups in total. The smallest absolute Gasteiger partial charge is 0.266 e. The van der Waals surface area contributed by atoms with Gasteiger partial charge in [0.2, 0.25) is 0 Å². The maximum absolute atomic E-state index is 12.9. The van der Waals surface area contributed by atoms with E-state index in [1.807, 2.05) is 31.2 Å². The summed E-state index contributed by atoms with van der Waals surface area (Å²) in [4.78, 5) is 12.9. The molecule has 0 unspecified atom stereocenters. The Hall–Kier alpha value is -1.87. The lowest BCUT2D eigenvalue weighted by Gasteiger charge is -2.23. The van der Waals surface area contributed by atoms with E-state index in [1.54, 1.807) is 0 Å². The molecule has 0 atom stereocenters. The van der Waals surface area contributed by atoms with Gasteiger partial charge in [-0.15, -0.1) is 0 Å². The Labute approximate surface area is 139 Å². The summed E-state index contributed by atoms with van der Waals surface area (Å²) in [5.74, 6) is 0.00602. The lowest BCUT2D eigenvalue weighted by Crippen LogP contribution is -2.43. The number of hydrogen-bond acceptors (Lipinski definition) is 2. The molecule has 3 nitrogen and oxygen atoms in total. The van der Waals surface area contributed by atoms with Gasteiger partial charge in [-0.05, 0) is 36.1 Å². The second kappa shape index (κ2) is 8.68. The molecular weight excluding hydrogens is 284 g/mol. The van der Waals surface area contributed by atoms with E-state index in [1.165, 1.54) is 0 Å². The van der Waals surface area contributed by atoms with Crippen LogP contribution in [0, 0.1) is 6.92 Å². The van der Waals surface area contributed by atoms with Crippen LogP contribution < -0.4 is 5.43 Å². The van der Waals surface area contributed by atoms with E-state index in [2.05, 4.69) is 36.4 Å². The molecule has 0 saturated carbocycles. The van der Waals surface area contributed by atoms with E-state index < -0.39 is 0 Å². The molecular formula is C20H28N2O. The summed E-state index contributed by atoms with van der Waals surface area (Å²) >= 11 is 0. The summed E-state index contributed by atoms with van der Waals surface area (Å²) in [6, 6.07) is 12.2. The topological polar surface area (TPSA) is 32.3 Å². The fourth-order valence-corrected chi connectivity index (χ4v) is 2.80. The number of hydrazine groups is 1. The normalized spacial score (nSPS) is 11.1. The molecule has 0 spiro atoms. The number of amides is 1. The molecule has 0 aliphatic rings. The number of unbranched alkanes of at least 4 members (excludes halogenated alkanes) is 2. The van der Waals surface area contributed by atoms with Gasteiger partial charge in [-0.25, -0.2) is 5.01 Å². The number of benzene rings is 2. The molecule has 23 heavy (non-hydrogen) atoms. The number of carbonyl (C=O) groups excluding carboxylic acids is 1. The minimum Gasteiger partial charge on any atom is -0.285 e. The molecule has 3 heteroatoms. The maximum Gasteiger partial charge on any atom is 0.266 e. The average Bonchev–Trinajstić information content (AvgIpc) is 2.56. The number of carbonyl (C=O) groups is 1. The molecule has 0 heterocycles. The zero-order valence-corrected chi connectivity index (χ0v) is 14.6. The van der Waals surface area contributed by atoms with Crippen LogP contribution in [0.3, 0.4) is 0 Å². The molecule has 0 aliphatic heterocycles. The van der Waals surface area contributed by atoms with Crippen molar-refractivity contribution in [2.75, 3.05) is 13.1 Å². The van der Waals surface area contributed by atoms with Gasteiger partial charge in [0.05, 0.1) is 5.56 Å². The van der Waals surface area contributed by atoms with Crippen molar-refractivity contribution in [3.63, 3.8) is 0 Å². The number of fused-ring (bicyclic) bond motifs is 1. The summed E-state index contributed by atoms with van der Waals surface area (Å²) in [6.45, 7) is 8.17. The molecule has 0 saturated heterocycles. The fourth-order valence-electron chi connectivity index (χ4n) is 2.80. The summed E-state index contributed by atoms with van der Waals surface area (Å²) < 4.78 is 0. The number of aryl methyl sites for hydroxylation is 1. The van der Waals surface area contributed by atoms with Gasteiger partial charge >= 0.3 is 0 Å². The van der Waals surface area contributed by atoms with Crippen molar-refractivity contribution in [2.45, 2.75) is 46.5 Å². The second-order valence-corrected chi connectivity index (χ2v) is 6.11. The summed E-state index contributed by atoms with van der Waals surface area (Å²) in [7, 11) is 0. The first-order chi connectivity index (χ1) is 11.2. The number of nitrogens with zero attached hydrogens (tertiary/aromatic N) is 1. The maximum atomic E-state index is 12.9. The third-order valence-electron chi connectivity index (χ3n) is 4.19. The van der Waals surface area contributed by atoms with Crippen LogP contribution in [0.5, 0.6) is 0 Å². The predicted octanol–water partition coefficient (Wildman–Crippen LogP) is 4.70. The Kier molecular flexibility index (Phi) is 6.60. The highest BCUT2D eigenvalue weighted by Gasteiger charge is 2.15. The van der Waals surface area contributed by atoms with Gasteiger partial charge in [0.15, 0.2) is 0 Å². The van der Waals surface area contributed by atoms with Crippen molar-refractivity contribution < 1.29 is 4.79 Å². The van der Waals surface area contributed by atoms with Crippen molar-refractivity contribution in [3.8, 4) is 0 Å². The van der Waals surface area contributed by atoms with E-state index >= 15 is 0 Å². The molecule has 0 aromatic heterocycles. The molecule has 1 amide bonds. The average molecular weight is 312 g/mol. The number of hydrogen-bond donors (Lipinski definition) is 1. The van der Waals surface area contributed by atoms with Gasteiger partial charge in [-0.1, -0.05) is 63.1 Å². The largest absolute Gasteiger partial charge is 0.285 e. The third kappa shape index (κ3) is 4.55. The Balaban J connectivity index is 2.23. The van der Waals surface area contributed by atoms with E-state index in [9.17, 15) is 4.79 Å². The van der Waals surface area contributed by atoms with Crippen LogP contribution in [0.15, 0.2) is 36.4 Å². The second-order valence-electron chi connectivity index (χ2n) is 6.11. The van der Waals surface area contributed by atoms with Crippen LogP contribution in [0.4, 0.5) is 0 Å². The summed E-state index contributed by atoms with van der Waals surface area (Å²) in [5, 5.41) is 4.21. The first-order valence-electron chi connectivity index (χ1n) is 8.71. The monoisotopic (exact) mass is 312 g/mol. The van der Waals surface area contributed by atoms with Gasteiger partial charge in [-0.2, -0.15) is 0 Å². The Bertz CT molecular complexity index is 643. The van der Waals surface area contributed by atoms with Crippen molar-refractivity contribution in [3.05, 3.63) is 47.5 Å². The zero-order chi connectivity index (χ0) is 16.7. The van der Waals surface area contributed by atoms with Crippen molar-refractivity contribution in [1.82, 2.24) is 10.4 Å². The minimum atomic E-state index is 0.00602. The van der Waals surface area contributed by atoms with Crippen LogP contribution in [-0.4, -0.2) is 24.0 Å². The molecule has 124 valence electrons. The van der Waals surface area contributed by atoms with Gasteiger partial charge in [-0.3, -0.25) is 10.2 Å². The molecule has 0 bridgehead atoms. The van der Waals surface area contributed by atoms with Crippen molar-refractivity contribution in [2.24, 2.45) is 0 Å². The summed E-state index contributed by atoms with van der Waals surface area (Å²) in [5.41, 5.74) is 4.94. The third-order valence-corrected chi connectivity index (χ3v) is 4.19. The fraction of sp³-hybridized carbons (Fsp3) is 0.450. The van der Waals surface area contributed by atoms with Crippen LogP contribution in [0.1, 0.15) is 55.5 Å². The number of nitrogens with one attached hydrogen (secondary N) is 1. The van der Waals surface area contributed by atoms with Crippen LogP contribution in [0.2, 0.25) is 0 Å². The van der Waals surface area contributed by atoms with Gasteiger partial charge in [0.1, 0.15) is 0 Å². The minimum absolute atomic E-state index is 0.00602. The Morgan fingerprint density at radius 3 is 2.30 bits per heavy atom. The lowest BCUT2D eigenvalue weighted by molar-refractivity contribution is 0.0783. The van der Waals surface area contributed by atoms with Crippen LogP contribution >= 0.6 is 0 Å². The van der Waals surface area contributed by atoms with Crippen LogP contribution in [-0.2, 0) is 0 Å². The quantitative estimate of drug-likeness (QED) is 0.717. The molecule has 2 aromatic carbocycles. The zero-order valence-electron chi connectivity index (χ0n) is 14.6. The standard InChI is InChI=1S/C20H28N2O/c1-4-6-14-22(15-7-5-2)21-20(23)19-16(3)12-13-17-10-8-9-11-18(17)19/h8-13H,4-7,14-15H2,1-3H3,(H,21,23). The Morgan fingerprint density at radius 1 is 1.00 bits per heavy atom. The molecule has 2 rings (SSSR count). The summed E-state index contributed by atoms with van der Waals surface area (Å²) in [6.07, 6.45) is 4.45. The SMILES string of the molecule is CCCCN(CCCC)NC(=O)c1c(C)ccc2ccccc12. The first kappa shape index (κ1) is 17.5. The van der Waals surface area contributed by atoms with Gasteiger partial charge in [0, 0.05) is 13.1 Å². The highest BCUT2D eigenvalue weighted by molar-refractivity contribution is 6.08. The number of rotatable bonds is 8. The molecule has 0 fully saturated rings. The predicted molar refractivity (Wildman–Crippen MR) is 97.5 cm³/mol. The molecule has 0 radical (unpaired) electrons. The van der Waals surface area contributed by atoms with E-state index in [0.717, 1.165) is 60.7 Å². The Morgan fingerprint density at radius 2 is 1.65 bits per heavy atom. The molecule has 2 aromatic rings. The van der Waals surface area contributed by atoms with E-state index in [4.69, 9.17) is 0 Å².